The van der Waals surface area contributed by atoms with E-state index >= 15 is 0 Å². The number of carbonyl (C=O) groups excluding carboxylic acids is 1. The Kier molecular flexibility index (Phi) is 4.93. The molecule has 2 N–H and O–H groups in total. The van der Waals surface area contributed by atoms with E-state index in [1.54, 1.807) is 6.26 Å². The van der Waals surface area contributed by atoms with Crippen LogP contribution >= 0.6 is 0 Å². The van der Waals surface area contributed by atoms with Crippen molar-refractivity contribution in [1.82, 2.24) is 10.6 Å². The van der Waals surface area contributed by atoms with Gasteiger partial charge in [-0.05, 0) is 58.6 Å². The third-order valence-electron chi connectivity index (χ3n) is 3.49. The first-order valence-electron chi connectivity index (χ1n) is 7.61. The van der Waals surface area contributed by atoms with Crippen molar-refractivity contribution in [2.75, 3.05) is 6.54 Å². The maximum Gasteiger partial charge on any atom is 0.407 e. The lowest BCUT2D eigenvalue weighted by atomic mass is 10.1. The van der Waals surface area contributed by atoms with E-state index in [4.69, 9.17) is 9.15 Å². The lowest BCUT2D eigenvalue weighted by Crippen LogP contribution is -2.44. The largest absolute Gasteiger partial charge is 0.468 e. The van der Waals surface area contributed by atoms with Gasteiger partial charge >= 0.3 is 6.09 Å². The van der Waals surface area contributed by atoms with Crippen molar-refractivity contribution in [2.45, 2.75) is 58.2 Å². The Labute approximate surface area is 126 Å². The van der Waals surface area contributed by atoms with E-state index in [1.165, 1.54) is 12.8 Å². The molecule has 0 spiro atoms. The number of hydrogen-bond acceptors (Lipinski definition) is 4. The molecule has 1 fully saturated rings. The van der Waals surface area contributed by atoms with Crippen molar-refractivity contribution in [3.8, 4) is 0 Å². The van der Waals surface area contributed by atoms with Crippen LogP contribution in [0.1, 0.15) is 52.3 Å². The van der Waals surface area contributed by atoms with Crippen molar-refractivity contribution < 1.29 is 13.9 Å². The highest BCUT2D eigenvalue weighted by atomic mass is 16.6. The van der Waals surface area contributed by atoms with Crippen LogP contribution in [0, 0.1) is 5.92 Å². The number of furan rings is 1. The molecule has 21 heavy (non-hydrogen) atoms. The topological polar surface area (TPSA) is 63.5 Å². The van der Waals surface area contributed by atoms with Gasteiger partial charge in [-0.25, -0.2) is 4.79 Å². The SMILES string of the molecule is CC(NC(CNC(=O)OC(C)(C)C)C1CC1)c1ccco1. The standard InChI is InChI=1S/C16H26N2O3/c1-11(14-6-5-9-20-14)18-13(12-7-8-12)10-17-15(19)21-16(2,3)4/h5-6,9,11-13,18H,7-8,10H2,1-4H3,(H,17,19). The molecule has 1 aliphatic rings. The first-order valence-corrected chi connectivity index (χ1v) is 7.61. The zero-order valence-corrected chi connectivity index (χ0v) is 13.3. The first-order chi connectivity index (χ1) is 9.85. The molecule has 1 aliphatic carbocycles. The van der Waals surface area contributed by atoms with Crippen LogP contribution in [0.2, 0.25) is 0 Å². The van der Waals surface area contributed by atoms with E-state index in [0.29, 0.717) is 12.5 Å². The zero-order chi connectivity index (χ0) is 15.5. The van der Waals surface area contributed by atoms with Gasteiger partial charge in [0.1, 0.15) is 11.4 Å². The van der Waals surface area contributed by atoms with E-state index in [-0.39, 0.29) is 18.2 Å². The summed E-state index contributed by atoms with van der Waals surface area (Å²) in [5, 5.41) is 6.39. The van der Waals surface area contributed by atoms with Gasteiger partial charge in [0.25, 0.3) is 0 Å². The third kappa shape index (κ3) is 5.42. The summed E-state index contributed by atoms with van der Waals surface area (Å²) >= 11 is 0. The number of hydrogen-bond donors (Lipinski definition) is 2. The van der Waals surface area contributed by atoms with Crippen molar-refractivity contribution in [3.63, 3.8) is 0 Å². The second-order valence-corrected chi connectivity index (χ2v) is 6.73. The summed E-state index contributed by atoms with van der Waals surface area (Å²) in [7, 11) is 0. The molecule has 2 rings (SSSR count). The fraction of sp³-hybridized carbons (Fsp3) is 0.688. The predicted octanol–water partition coefficient (Wildman–Crippen LogP) is 3.23. The van der Waals surface area contributed by atoms with Gasteiger partial charge in [-0.15, -0.1) is 0 Å². The number of alkyl carbamates (subject to hydrolysis) is 1. The minimum absolute atomic E-state index is 0.131. The third-order valence-corrected chi connectivity index (χ3v) is 3.49. The van der Waals surface area contributed by atoms with E-state index in [1.807, 2.05) is 32.9 Å². The Morgan fingerprint density at radius 1 is 1.48 bits per heavy atom. The Morgan fingerprint density at radius 3 is 2.71 bits per heavy atom. The molecule has 0 radical (unpaired) electrons. The van der Waals surface area contributed by atoms with E-state index in [9.17, 15) is 4.79 Å². The van der Waals surface area contributed by atoms with Gasteiger partial charge in [0, 0.05) is 12.6 Å². The van der Waals surface area contributed by atoms with Crippen LogP contribution in [0.3, 0.4) is 0 Å². The molecular formula is C16H26N2O3. The fourth-order valence-corrected chi connectivity index (χ4v) is 2.31. The second kappa shape index (κ2) is 6.52. The molecule has 0 aromatic carbocycles. The number of carbonyl (C=O) groups is 1. The van der Waals surface area contributed by atoms with Crippen molar-refractivity contribution in [2.24, 2.45) is 5.92 Å². The molecule has 0 aliphatic heterocycles. The van der Waals surface area contributed by atoms with Crippen LogP contribution in [0.5, 0.6) is 0 Å². The second-order valence-electron chi connectivity index (χ2n) is 6.73. The molecule has 5 nitrogen and oxygen atoms in total. The van der Waals surface area contributed by atoms with Crippen molar-refractivity contribution in [1.29, 1.82) is 0 Å². The molecule has 2 unspecified atom stereocenters. The van der Waals surface area contributed by atoms with Gasteiger partial charge in [0.2, 0.25) is 0 Å². The maximum atomic E-state index is 11.7. The molecule has 2 atom stereocenters. The summed E-state index contributed by atoms with van der Waals surface area (Å²) in [5.41, 5.74) is -0.464. The lowest BCUT2D eigenvalue weighted by molar-refractivity contribution is 0.0520. The highest BCUT2D eigenvalue weighted by molar-refractivity contribution is 5.67. The van der Waals surface area contributed by atoms with Crippen LogP contribution in [-0.4, -0.2) is 24.3 Å². The van der Waals surface area contributed by atoms with Gasteiger partial charge < -0.3 is 19.8 Å². The quantitative estimate of drug-likeness (QED) is 0.845. The zero-order valence-electron chi connectivity index (χ0n) is 13.3. The Bertz CT molecular complexity index is 447. The Balaban J connectivity index is 1.81. The summed E-state index contributed by atoms with van der Waals surface area (Å²) in [4.78, 5) is 11.7. The van der Waals surface area contributed by atoms with Crippen molar-refractivity contribution in [3.05, 3.63) is 24.2 Å². The number of nitrogens with one attached hydrogen (secondary N) is 2. The molecule has 1 aromatic rings. The average molecular weight is 294 g/mol. The maximum absolute atomic E-state index is 11.7. The molecule has 5 heteroatoms. The molecule has 1 amide bonds. The molecular weight excluding hydrogens is 268 g/mol. The summed E-state index contributed by atoms with van der Waals surface area (Å²) in [6, 6.07) is 4.23. The molecule has 0 bridgehead atoms. The highest BCUT2D eigenvalue weighted by Crippen LogP contribution is 2.33. The molecule has 0 saturated heterocycles. The molecule has 118 valence electrons. The Hall–Kier alpha value is -1.49. The van der Waals surface area contributed by atoms with Gasteiger partial charge in [-0.1, -0.05) is 0 Å². The van der Waals surface area contributed by atoms with E-state index < -0.39 is 5.60 Å². The number of ether oxygens (including phenoxy) is 1. The first kappa shape index (κ1) is 15.9. The summed E-state index contributed by atoms with van der Waals surface area (Å²) < 4.78 is 10.7. The minimum Gasteiger partial charge on any atom is -0.468 e. The van der Waals surface area contributed by atoms with E-state index in [0.717, 1.165) is 5.76 Å². The van der Waals surface area contributed by atoms with Crippen LogP contribution in [0.25, 0.3) is 0 Å². The van der Waals surface area contributed by atoms with Crippen LogP contribution < -0.4 is 10.6 Å². The van der Waals surface area contributed by atoms with Gasteiger partial charge in [-0.2, -0.15) is 0 Å². The monoisotopic (exact) mass is 294 g/mol. The average Bonchev–Trinajstić information content (AvgIpc) is 3.06. The summed E-state index contributed by atoms with van der Waals surface area (Å²) in [5.74, 6) is 1.54. The summed E-state index contributed by atoms with van der Waals surface area (Å²) in [6.45, 7) is 8.23. The minimum atomic E-state index is -0.464. The predicted molar refractivity (Wildman–Crippen MR) is 81.0 cm³/mol. The van der Waals surface area contributed by atoms with E-state index in [2.05, 4.69) is 17.6 Å². The molecule has 1 heterocycles. The van der Waals surface area contributed by atoms with Crippen molar-refractivity contribution >= 4 is 6.09 Å². The fourth-order valence-electron chi connectivity index (χ4n) is 2.31. The number of rotatable bonds is 6. The van der Waals surface area contributed by atoms with Crippen LogP contribution in [0.15, 0.2) is 22.8 Å². The summed E-state index contributed by atoms with van der Waals surface area (Å²) in [6.07, 6.45) is 3.73. The lowest BCUT2D eigenvalue weighted by Gasteiger charge is -2.24. The van der Waals surface area contributed by atoms with Crippen LogP contribution in [-0.2, 0) is 4.74 Å². The van der Waals surface area contributed by atoms with Crippen LogP contribution in [0.4, 0.5) is 4.79 Å². The molecule has 1 saturated carbocycles. The number of amides is 1. The van der Waals surface area contributed by atoms with Gasteiger partial charge in [0.15, 0.2) is 0 Å². The molecule has 1 aromatic heterocycles. The Morgan fingerprint density at radius 2 is 2.19 bits per heavy atom. The highest BCUT2D eigenvalue weighted by Gasteiger charge is 2.33. The van der Waals surface area contributed by atoms with Gasteiger partial charge in [-0.3, -0.25) is 0 Å². The van der Waals surface area contributed by atoms with Gasteiger partial charge in [0.05, 0.1) is 12.3 Å². The normalized spacial score (nSPS) is 18.1. The smallest absolute Gasteiger partial charge is 0.407 e.